The number of cyclic esters (lactones) is 1. The van der Waals surface area contributed by atoms with Crippen LogP contribution in [0.1, 0.15) is 50.3 Å². The van der Waals surface area contributed by atoms with Crippen LogP contribution in [0.3, 0.4) is 0 Å². The van der Waals surface area contributed by atoms with E-state index in [4.69, 9.17) is 4.74 Å². The maximum Gasteiger partial charge on any atom is 0.312 e. The fourth-order valence-corrected chi connectivity index (χ4v) is 5.14. The van der Waals surface area contributed by atoms with Gasteiger partial charge in [-0.1, -0.05) is 74.5 Å². The number of nitrogens with zero attached hydrogens (tertiary/aromatic N) is 2. The molecular weight excluding hydrogens is 372 g/mol. The highest BCUT2D eigenvalue weighted by Gasteiger charge is 2.46. The Balaban J connectivity index is 1.40. The number of carbonyl (C=O) groups is 1. The largest absolute Gasteiger partial charge is 0.461 e. The third kappa shape index (κ3) is 4.30. The van der Waals surface area contributed by atoms with E-state index in [-0.39, 0.29) is 23.5 Å². The zero-order valence-corrected chi connectivity index (χ0v) is 18.3. The van der Waals surface area contributed by atoms with Crippen LogP contribution in [-0.2, 0) is 9.53 Å². The Morgan fingerprint density at radius 1 is 0.900 bits per heavy atom. The Kier molecular flexibility index (Phi) is 6.55. The van der Waals surface area contributed by atoms with Crippen LogP contribution in [0.15, 0.2) is 60.7 Å². The van der Waals surface area contributed by atoms with E-state index in [0.717, 1.165) is 52.0 Å². The van der Waals surface area contributed by atoms with Gasteiger partial charge in [-0.25, -0.2) is 0 Å². The number of rotatable bonds is 7. The second-order valence-corrected chi connectivity index (χ2v) is 8.78. The van der Waals surface area contributed by atoms with Crippen LogP contribution in [0.2, 0.25) is 0 Å². The molecule has 0 bridgehead atoms. The molecule has 0 aromatic heterocycles. The highest BCUT2D eigenvalue weighted by atomic mass is 16.6. The van der Waals surface area contributed by atoms with Crippen LogP contribution in [0.5, 0.6) is 0 Å². The van der Waals surface area contributed by atoms with Gasteiger partial charge in [-0.2, -0.15) is 0 Å². The lowest BCUT2D eigenvalue weighted by atomic mass is 9.79. The molecule has 2 fully saturated rings. The molecule has 2 aliphatic heterocycles. The number of piperazine rings is 1. The molecule has 30 heavy (non-hydrogen) atoms. The van der Waals surface area contributed by atoms with E-state index in [1.54, 1.807) is 0 Å². The van der Waals surface area contributed by atoms with E-state index in [1.807, 2.05) is 0 Å². The first-order valence-corrected chi connectivity index (χ1v) is 11.4. The van der Waals surface area contributed by atoms with Gasteiger partial charge in [0.2, 0.25) is 0 Å². The van der Waals surface area contributed by atoms with Gasteiger partial charge in [0.15, 0.2) is 0 Å². The van der Waals surface area contributed by atoms with E-state index in [9.17, 15) is 4.79 Å². The van der Waals surface area contributed by atoms with Crippen molar-refractivity contribution in [3.8, 4) is 0 Å². The molecule has 1 unspecified atom stereocenters. The summed E-state index contributed by atoms with van der Waals surface area (Å²) in [4.78, 5) is 17.5. The number of hydrogen-bond acceptors (Lipinski definition) is 4. The zero-order chi connectivity index (χ0) is 21.0. The van der Waals surface area contributed by atoms with Crippen molar-refractivity contribution in [2.24, 2.45) is 5.41 Å². The molecule has 0 amide bonds. The van der Waals surface area contributed by atoms with Crippen LogP contribution in [0, 0.1) is 5.41 Å². The van der Waals surface area contributed by atoms with Crippen molar-refractivity contribution in [1.82, 2.24) is 9.80 Å². The Morgan fingerprint density at radius 3 is 1.90 bits per heavy atom. The molecule has 0 spiro atoms. The molecule has 2 aliphatic rings. The van der Waals surface area contributed by atoms with Gasteiger partial charge in [-0.3, -0.25) is 14.6 Å². The van der Waals surface area contributed by atoms with Gasteiger partial charge in [-0.15, -0.1) is 0 Å². The number of hydrogen-bond donors (Lipinski definition) is 0. The van der Waals surface area contributed by atoms with E-state index in [1.165, 1.54) is 11.1 Å². The lowest BCUT2D eigenvalue weighted by molar-refractivity contribution is -0.149. The molecule has 160 valence electrons. The van der Waals surface area contributed by atoms with Crippen molar-refractivity contribution < 1.29 is 9.53 Å². The van der Waals surface area contributed by atoms with E-state index in [2.05, 4.69) is 84.3 Å². The Hall–Kier alpha value is -2.17. The molecule has 0 aliphatic carbocycles. The minimum Gasteiger partial charge on any atom is -0.461 e. The normalized spacial score (nSPS) is 22.4. The van der Waals surface area contributed by atoms with Crippen molar-refractivity contribution in [2.75, 3.05) is 32.7 Å². The first-order valence-electron chi connectivity index (χ1n) is 11.4. The molecule has 0 N–H and O–H groups in total. The first kappa shape index (κ1) is 21.1. The fourth-order valence-electron chi connectivity index (χ4n) is 5.14. The Morgan fingerprint density at radius 2 is 1.43 bits per heavy atom. The highest BCUT2D eigenvalue weighted by molar-refractivity contribution is 5.79. The van der Waals surface area contributed by atoms with Gasteiger partial charge in [0, 0.05) is 39.1 Å². The third-order valence-electron chi connectivity index (χ3n) is 7.14. The summed E-state index contributed by atoms with van der Waals surface area (Å²) < 4.78 is 5.78. The Labute approximate surface area is 180 Å². The van der Waals surface area contributed by atoms with Crippen molar-refractivity contribution in [3.05, 3.63) is 71.8 Å². The number of esters is 1. The predicted octanol–water partition coefficient (Wildman–Crippen LogP) is 4.52. The van der Waals surface area contributed by atoms with E-state index in [0.29, 0.717) is 0 Å². The minimum atomic E-state index is -0.252. The lowest BCUT2D eigenvalue weighted by Gasteiger charge is -2.40. The van der Waals surface area contributed by atoms with Crippen LogP contribution in [0.25, 0.3) is 0 Å². The molecule has 2 aromatic rings. The summed E-state index contributed by atoms with van der Waals surface area (Å²) in [5, 5.41) is 0. The second kappa shape index (κ2) is 9.32. The fraction of sp³-hybridized carbons (Fsp3) is 0.500. The molecule has 2 heterocycles. The summed E-state index contributed by atoms with van der Waals surface area (Å²) in [6.45, 7) is 9.13. The predicted molar refractivity (Wildman–Crippen MR) is 120 cm³/mol. The Bertz CT molecular complexity index is 772. The van der Waals surface area contributed by atoms with Crippen LogP contribution >= 0.6 is 0 Å². The van der Waals surface area contributed by atoms with Gasteiger partial charge < -0.3 is 4.74 Å². The smallest absolute Gasteiger partial charge is 0.312 e. The molecule has 0 saturated carbocycles. The summed E-state index contributed by atoms with van der Waals surface area (Å²) >= 11 is 0. The summed E-state index contributed by atoms with van der Waals surface area (Å²) in [5.74, 6) is 0.0179. The van der Waals surface area contributed by atoms with E-state index >= 15 is 0 Å². The summed E-state index contributed by atoms with van der Waals surface area (Å²) in [6.07, 6.45) is 2.67. The van der Waals surface area contributed by atoms with Gasteiger partial charge in [0.25, 0.3) is 0 Å². The third-order valence-corrected chi connectivity index (χ3v) is 7.14. The van der Waals surface area contributed by atoms with Crippen LogP contribution in [0.4, 0.5) is 0 Å². The van der Waals surface area contributed by atoms with Gasteiger partial charge in [0.05, 0.1) is 11.5 Å². The molecule has 1 atom stereocenters. The average molecular weight is 407 g/mol. The number of benzene rings is 2. The quantitative estimate of drug-likeness (QED) is 0.633. The zero-order valence-electron chi connectivity index (χ0n) is 18.3. The SMILES string of the molecule is CCC1(CC)CC(CN2CCN(C(c3ccccc3)c3ccccc3)CC2)OC1=O. The van der Waals surface area contributed by atoms with Gasteiger partial charge in [-0.05, 0) is 24.0 Å². The molecule has 4 rings (SSSR count). The van der Waals surface area contributed by atoms with Gasteiger partial charge in [0.1, 0.15) is 6.10 Å². The van der Waals surface area contributed by atoms with Crippen molar-refractivity contribution in [3.63, 3.8) is 0 Å². The van der Waals surface area contributed by atoms with Crippen molar-refractivity contribution in [1.29, 1.82) is 0 Å². The molecule has 4 heteroatoms. The lowest BCUT2D eigenvalue weighted by Crippen LogP contribution is -2.49. The standard InChI is InChI=1S/C26H34N2O2/c1-3-26(4-2)19-23(30-25(26)29)20-27-15-17-28(18-16-27)24(21-11-7-5-8-12-21)22-13-9-6-10-14-22/h5-14,23-24H,3-4,15-20H2,1-2H3. The average Bonchev–Trinajstić information content (AvgIpc) is 3.12. The van der Waals surface area contributed by atoms with Crippen LogP contribution in [-0.4, -0.2) is 54.6 Å². The number of carbonyl (C=O) groups excluding carboxylic acids is 1. The summed E-state index contributed by atoms with van der Waals surface area (Å²) in [6, 6.07) is 21.9. The monoisotopic (exact) mass is 406 g/mol. The minimum absolute atomic E-state index is 0.0179. The maximum absolute atomic E-state index is 12.4. The number of ether oxygens (including phenoxy) is 1. The summed E-state index contributed by atoms with van der Waals surface area (Å²) in [5.41, 5.74) is 2.44. The molecule has 2 aromatic carbocycles. The topological polar surface area (TPSA) is 32.8 Å². The van der Waals surface area contributed by atoms with E-state index < -0.39 is 0 Å². The maximum atomic E-state index is 12.4. The molecule has 4 nitrogen and oxygen atoms in total. The van der Waals surface area contributed by atoms with Crippen LogP contribution < -0.4 is 0 Å². The first-order chi connectivity index (χ1) is 14.6. The molecule has 0 radical (unpaired) electrons. The highest BCUT2D eigenvalue weighted by Crippen LogP contribution is 2.40. The van der Waals surface area contributed by atoms with Gasteiger partial charge >= 0.3 is 5.97 Å². The summed E-state index contributed by atoms with van der Waals surface area (Å²) in [7, 11) is 0. The molecular formula is C26H34N2O2. The van der Waals surface area contributed by atoms with Crippen molar-refractivity contribution >= 4 is 5.97 Å². The second-order valence-electron chi connectivity index (χ2n) is 8.78. The molecule has 2 saturated heterocycles. The van der Waals surface area contributed by atoms with Crippen molar-refractivity contribution in [2.45, 2.75) is 45.3 Å².